The lowest BCUT2D eigenvalue weighted by atomic mass is 10.3. The van der Waals surface area contributed by atoms with Crippen molar-refractivity contribution < 1.29 is 0 Å². The van der Waals surface area contributed by atoms with Crippen LogP contribution in [0.25, 0.3) is 0 Å². The first-order chi connectivity index (χ1) is 2.97. The van der Waals surface area contributed by atoms with Gasteiger partial charge in [-0.15, -0.1) is 0 Å². The fraction of sp³-hybridized carbons (Fsp3) is 0.800. The van der Waals surface area contributed by atoms with Gasteiger partial charge in [0.1, 0.15) is 0 Å². The average Bonchev–Trinajstić information content (AvgIpc) is 2.17. The van der Waals surface area contributed by atoms with Crippen molar-refractivity contribution in [2.45, 2.75) is 12.8 Å². The summed E-state index contributed by atoms with van der Waals surface area (Å²) in [5.41, 5.74) is 1.50. The summed E-state index contributed by atoms with van der Waals surface area (Å²) in [6, 6.07) is 0. The zero-order valence-corrected chi connectivity index (χ0v) is 3.65. The molecule has 0 spiro atoms. The van der Waals surface area contributed by atoms with Crippen LogP contribution in [0.3, 0.4) is 0 Å². The van der Waals surface area contributed by atoms with Crippen LogP contribution < -0.4 is 0 Å². The first kappa shape index (κ1) is 2.78. The van der Waals surface area contributed by atoms with Gasteiger partial charge in [-0.2, -0.15) is 0 Å². The summed E-state index contributed by atoms with van der Waals surface area (Å²) >= 11 is 0. The van der Waals surface area contributed by atoms with E-state index in [0.717, 1.165) is 12.5 Å². The minimum atomic E-state index is 0.963. The van der Waals surface area contributed by atoms with Crippen molar-refractivity contribution >= 4 is 5.71 Å². The molecular weight excluding hydrogens is 74.1 g/mol. The Morgan fingerprint density at radius 1 is 1.67 bits per heavy atom. The molecular formula is C5H7N. The van der Waals surface area contributed by atoms with Gasteiger partial charge in [-0.3, -0.25) is 4.99 Å². The van der Waals surface area contributed by atoms with Gasteiger partial charge < -0.3 is 0 Å². The van der Waals surface area contributed by atoms with Crippen LogP contribution >= 0.6 is 0 Å². The van der Waals surface area contributed by atoms with E-state index in [1.165, 1.54) is 18.6 Å². The van der Waals surface area contributed by atoms with E-state index >= 15 is 0 Å². The Bertz CT molecular complexity index is 105. The molecule has 0 bridgehead atoms. The number of fused-ring (bicyclic) bond motifs is 1. The number of aliphatic imine (C=N–C) groups is 1. The second kappa shape index (κ2) is 0.673. The quantitative estimate of drug-likeness (QED) is 0.410. The molecule has 0 amide bonds. The molecule has 1 nitrogen and oxygen atoms in total. The highest BCUT2D eigenvalue weighted by Crippen LogP contribution is 2.34. The van der Waals surface area contributed by atoms with Crippen LogP contribution in [0.2, 0.25) is 0 Å². The maximum atomic E-state index is 4.23. The third-order valence-electron chi connectivity index (χ3n) is 1.56. The molecule has 1 heterocycles. The van der Waals surface area contributed by atoms with E-state index in [1.807, 2.05) is 0 Å². The third-order valence-corrected chi connectivity index (χ3v) is 1.56. The van der Waals surface area contributed by atoms with E-state index < -0.39 is 0 Å². The molecule has 0 aromatic carbocycles. The molecule has 0 radical (unpaired) electrons. The Morgan fingerprint density at radius 2 is 2.67 bits per heavy atom. The molecule has 0 aromatic heterocycles. The minimum Gasteiger partial charge on any atom is -0.294 e. The topological polar surface area (TPSA) is 12.4 Å². The predicted molar refractivity (Wildman–Crippen MR) is 25.0 cm³/mol. The van der Waals surface area contributed by atoms with Crippen molar-refractivity contribution in [3.05, 3.63) is 0 Å². The van der Waals surface area contributed by atoms with Crippen molar-refractivity contribution in [2.75, 3.05) is 6.54 Å². The standard InChI is InChI=1S/C5H7N/c1-2-6-5-3-4(1)5/h4H,1-3H2. The Labute approximate surface area is 37.1 Å². The van der Waals surface area contributed by atoms with Crippen LogP contribution in [0.4, 0.5) is 0 Å². The molecule has 1 aliphatic heterocycles. The largest absolute Gasteiger partial charge is 0.294 e. The molecule has 0 aromatic rings. The number of hydrogen-bond acceptors (Lipinski definition) is 1. The van der Waals surface area contributed by atoms with Gasteiger partial charge in [0.2, 0.25) is 0 Å². The SMILES string of the molecule is C1CC2CC2=N1. The average molecular weight is 81.1 g/mol. The summed E-state index contributed by atoms with van der Waals surface area (Å²) in [6.45, 7) is 1.12. The molecule has 0 N–H and O–H groups in total. The maximum absolute atomic E-state index is 4.23. The van der Waals surface area contributed by atoms with Gasteiger partial charge in [0.25, 0.3) is 0 Å². The van der Waals surface area contributed by atoms with Crippen LogP contribution in [0, 0.1) is 5.92 Å². The molecule has 1 fully saturated rings. The van der Waals surface area contributed by atoms with Crippen LogP contribution in [0.1, 0.15) is 12.8 Å². The van der Waals surface area contributed by atoms with E-state index in [-0.39, 0.29) is 0 Å². The van der Waals surface area contributed by atoms with Gasteiger partial charge in [-0.25, -0.2) is 0 Å². The molecule has 6 heavy (non-hydrogen) atoms. The van der Waals surface area contributed by atoms with Crippen LogP contribution in [-0.2, 0) is 0 Å². The highest BCUT2D eigenvalue weighted by atomic mass is 14.8. The van der Waals surface area contributed by atoms with Crippen LogP contribution in [0.5, 0.6) is 0 Å². The highest BCUT2D eigenvalue weighted by Gasteiger charge is 2.34. The summed E-state index contributed by atoms with van der Waals surface area (Å²) in [5, 5.41) is 0. The lowest BCUT2D eigenvalue weighted by molar-refractivity contribution is 0.800. The Morgan fingerprint density at radius 3 is 2.83 bits per heavy atom. The second-order valence-electron chi connectivity index (χ2n) is 2.06. The third kappa shape index (κ3) is 0.192. The van der Waals surface area contributed by atoms with E-state index in [4.69, 9.17) is 0 Å². The van der Waals surface area contributed by atoms with Gasteiger partial charge in [0.05, 0.1) is 0 Å². The summed E-state index contributed by atoms with van der Waals surface area (Å²) < 4.78 is 0. The smallest absolute Gasteiger partial charge is 0.0395 e. The Balaban J connectivity index is 2.35. The fourth-order valence-electron chi connectivity index (χ4n) is 1.02. The minimum absolute atomic E-state index is 0.963. The maximum Gasteiger partial charge on any atom is 0.0395 e. The van der Waals surface area contributed by atoms with E-state index in [9.17, 15) is 0 Å². The summed E-state index contributed by atoms with van der Waals surface area (Å²) in [6.07, 6.45) is 2.69. The van der Waals surface area contributed by atoms with Crippen LogP contribution in [0.15, 0.2) is 4.99 Å². The molecule has 1 atom stereocenters. The molecule has 2 aliphatic rings. The van der Waals surface area contributed by atoms with E-state index in [2.05, 4.69) is 4.99 Å². The van der Waals surface area contributed by atoms with E-state index in [0.29, 0.717) is 0 Å². The van der Waals surface area contributed by atoms with Gasteiger partial charge in [0, 0.05) is 18.2 Å². The summed E-state index contributed by atoms with van der Waals surface area (Å²) in [7, 11) is 0. The van der Waals surface area contributed by atoms with Crippen molar-refractivity contribution in [3.63, 3.8) is 0 Å². The van der Waals surface area contributed by atoms with Crippen molar-refractivity contribution in [3.8, 4) is 0 Å². The summed E-state index contributed by atoms with van der Waals surface area (Å²) in [4.78, 5) is 4.23. The predicted octanol–water partition coefficient (Wildman–Crippen LogP) is 0.851. The van der Waals surface area contributed by atoms with Gasteiger partial charge in [-0.1, -0.05) is 0 Å². The van der Waals surface area contributed by atoms with Crippen molar-refractivity contribution in [1.29, 1.82) is 0 Å². The highest BCUT2D eigenvalue weighted by molar-refractivity contribution is 6.02. The number of nitrogens with zero attached hydrogens (tertiary/aromatic N) is 1. The number of hydrogen-bond donors (Lipinski definition) is 0. The molecule has 1 heteroatoms. The van der Waals surface area contributed by atoms with Gasteiger partial charge in [0.15, 0.2) is 0 Å². The summed E-state index contributed by atoms with van der Waals surface area (Å²) in [5.74, 6) is 0.963. The van der Waals surface area contributed by atoms with E-state index in [1.54, 1.807) is 0 Å². The van der Waals surface area contributed by atoms with Crippen LogP contribution in [-0.4, -0.2) is 12.3 Å². The first-order valence-electron chi connectivity index (χ1n) is 2.50. The molecule has 1 unspecified atom stereocenters. The zero-order valence-electron chi connectivity index (χ0n) is 3.65. The second-order valence-corrected chi connectivity index (χ2v) is 2.06. The van der Waals surface area contributed by atoms with Crippen molar-refractivity contribution in [2.24, 2.45) is 10.9 Å². The lowest BCUT2D eigenvalue weighted by Crippen LogP contribution is -1.72. The van der Waals surface area contributed by atoms with Crippen molar-refractivity contribution in [1.82, 2.24) is 0 Å². The van der Waals surface area contributed by atoms with Gasteiger partial charge >= 0.3 is 0 Å². The Kier molecular flexibility index (Phi) is 0.312. The first-order valence-corrected chi connectivity index (χ1v) is 2.50. The molecule has 0 saturated heterocycles. The normalized spacial score (nSPS) is 38.7. The lowest BCUT2D eigenvalue weighted by Gasteiger charge is -1.76. The fourth-order valence-corrected chi connectivity index (χ4v) is 1.02. The zero-order chi connectivity index (χ0) is 3.98. The Hall–Kier alpha value is -0.330. The number of rotatable bonds is 0. The van der Waals surface area contributed by atoms with Gasteiger partial charge in [-0.05, 0) is 12.8 Å². The molecule has 2 rings (SSSR count). The molecule has 1 saturated carbocycles. The molecule has 32 valence electrons. The molecule has 1 aliphatic carbocycles. The monoisotopic (exact) mass is 81.1 g/mol.